The lowest BCUT2D eigenvalue weighted by molar-refractivity contribution is 0.0348. The van der Waals surface area contributed by atoms with Crippen molar-refractivity contribution in [1.29, 1.82) is 0 Å². The zero-order chi connectivity index (χ0) is 22.2. The second kappa shape index (κ2) is 8.59. The van der Waals surface area contributed by atoms with Crippen LogP contribution in [0.25, 0.3) is 11.0 Å². The van der Waals surface area contributed by atoms with Crippen molar-refractivity contribution in [3.63, 3.8) is 0 Å². The maximum absolute atomic E-state index is 12.2. The number of hydrogen-bond acceptors (Lipinski definition) is 7. The van der Waals surface area contributed by atoms with E-state index in [2.05, 4.69) is 20.2 Å². The molecule has 4 heterocycles. The molecule has 168 valence electrons. The van der Waals surface area contributed by atoms with Crippen LogP contribution >= 0.6 is 0 Å². The van der Waals surface area contributed by atoms with Crippen LogP contribution in [0.2, 0.25) is 0 Å². The fourth-order valence-corrected chi connectivity index (χ4v) is 4.87. The molecule has 0 aromatic carbocycles. The van der Waals surface area contributed by atoms with Gasteiger partial charge in [0.1, 0.15) is 5.60 Å². The molecular formula is C23H32N4O4. The van der Waals surface area contributed by atoms with Crippen LogP contribution in [0.1, 0.15) is 58.1 Å². The van der Waals surface area contributed by atoms with Gasteiger partial charge in [0, 0.05) is 42.5 Å². The van der Waals surface area contributed by atoms with Crippen molar-refractivity contribution in [2.45, 2.75) is 76.3 Å². The lowest BCUT2D eigenvalue weighted by Gasteiger charge is -2.40. The first-order valence-electron chi connectivity index (χ1n) is 11.0. The minimum Gasteiger partial charge on any atom is -0.481 e. The van der Waals surface area contributed by atoms with Crippen LogP contribution in [0, 0.1) is 0 Å². The Hall–Kier alpha value is -2.45. The summed E-state index contributed by atoms with van der Waals surface area (Å²) in [6, 6.07) is 6.24. The average Bonchev–Trinajstić information content (AvgIpc) is 2.93. The lowest BCUT2D eigenvalue weighted by atomic mass is 9.96. The summed E-state index contributed by atoms with van der Waals surface area (Å²) in [7, 11) is 1.58. The molecule has 4 rings (SSSR count). The highest BCUT2D eigenvalue weighted by atomic mass is 16.6. The zero-order valence-electron chi connectivity index (χ0n) is 18.7. The molecule has 0 radical (unpaired) electrons. The summed E-state index contributed by atoms with van der Waals surface area (Å²) in [5, 5.41) is 14.1. The molecule has 2 saturated heterocycles. The van der Waals surface area contributed by atoms with Gasteiger partial charge in [-0.25, -0.2) is 9.78 Å². The molecule has 8 nitrogen and oxygen atoms in total. The standard InChI is InChI=1S/C23H32N4O4/c1-23(2,3)31-22(29)25-14-11-15-5-6-16(12-14)27(15)13-19(28)17-9-10-24-18-7-8-20(30-4)26-21(17)18/h7-10,14-16,19,28H,5-6,11-13H2,1-4H3,(H,25,29). The van der Waals surface area contributed by atoms with Gasteiger partial charge in [0.25, 0.3) is 0 Å². The summed E-state index contributed by atoms with van der Waals surface area (Å²) >= 11 is 0. The number of fused-ring (bicyclic) bond motifs is 3. The van der Waals surface area contributed by atoms with E-state index in [4.69, 9.17) is 9.47 Å². The molecule has 2 aliphatic rings. The molecule has 3 atom stereocenters. The zero-order valence-corrected chi connectivity index (χ0v) is 18.7. The number of methoxy groups -OCH3 is 1. The van der Waals surface area contributed by atoms with Gasteiger partial charge < -0.3 is 19.9 Å². The number of nitrogens with one attached hydrogen (secondary N) is 1. The molecule has 2 aliphatic heterocycles. The lowest BCUT2D eigenvalue weighted by Crippen LogP contribution is -2.52. The normalized spacial score (nSPS) is 24.7. The number of alkyl carbamates (subject to hydrolysis) is 1. The topological polar surface area (TPSA) is 96.8 Å². The molecule has 8 heteroatoms. The number of aliphatic hydroxyl groups is 1. The minimum absolute atomic E-state index is 0.105. The van der Waals surface area contributed by atoms with Gasteiger partial charge in [-0.15, -0.1) is 0 Å². The highest BCUT2D eigenvalue weighted by molar-refractivity contribution is 5.78. The number of aromatic nitrogens is 2. The Balaban J connectivity index is 1.43. The Bertz CT molecular complexity index is 931. The van der Waals surface area contributed by atoms with Gasteiger partial charge in [0.15, 0.2) is 0 Å². The van der Waals surface area contributed by atoms with Gasteiger partial charge in [-0.3, -0.25) is 9.88 Å². The van der Waals surface area contributed by atoms with Crippen molar-refractivity contribution in [1.82, 2.24) is 20.2 Å². The van der Waals surface area contributed by atoms with E-state index in [0.717, 1.165) is 36.8 Å². The summed E-state index contributed by atoms with van der Waals surface area (Å²) < 4.78 is 10.7. The molecule has 1 amide bonds. The number of carbonyl (C=O) groups excluding carboxylic acids is 1. The summed E-state index contributed by atoms with van der Waals surface area (Å²) in [4.78, 5) is 23.4. The van der Waals surface area contributed by atoms with Crippen LogP contribution in [0.5, 0.6) is 5.88 Å². The molecule has 0 aliphatic carbocycles. The van der Waals surface area contributed by atoms with Gasteiger partial charge in [-0.2, -0.15) is 0 Å². The molecule has 2 N–H and O–H groups in total. The Labute approximate surface area is 183 Å². The Morgan fingerprint density at radius 3 is 2.61 bits per heavy atom. The largest absolute Gasteiger partial charge is 0.481 e. The predicted octanol–water partition coefficient (Wildman–Crippen LogP) is 3.19. The van der Waals surface area contributed by atoms with Crippen LogP contribution in [0.3, 0.4) is 0 Å². The second-order valence-corrected chi connectivity index (χ2v) is 9.53. The van der Waals surface area contributed by atoms with Crippen molar-refractivity contribution >= 4 is 17.1 Å². The van der Waals surface area contributed by atoms with Crippen molar-refractivity contribution < 1.29 is 19.4 Å². The molecule has 2 aromatic heterocycles. The minimum atomic E-state index is -0.677. The first kappa shape index (κ1) is 21.8. The van der Waals surface area contributed by atoms with Crippen molar-refractivity contribution in [3.8, 4) is 5.88 Å². The summed E-state index contributed by atoms with van der Waals surface area (Å²) in [6.07, 6.45) is 4.56. The molecule has 0 saturated carbocycles. The number of nitrogens with zero attached hydrogens (tertiary/aromatic N) is 3. The van der Waals surface area contributed by atoms with Crippen LogP contribution in [0.4, 0.5) is 4.79 Å². The highest BCUT2D eigenvalue weighted by Gasteiger charge is 2.42. The Morgan fingerprint density at radius 2 is 1.97 bits per heavy atom. The number of pyridine rings is 2. The monoisotopic (exact) mass is 428 g/mol. The molecule has 2 fully saturated rings. The number of carbonyl (C=O) groups is 1. The van der Waals surface area contributed by atoms with E-state index in [1.54, 1.807) is 19.4 Å². The number of amides is 1. The van der Waals surface area contributed by atoms with Gasteiger partial charge in [-0.1, -0.05) is 0 Å². The van der Waals surface area contributed by atoms with E-state index < -0.39 is 11.7 Å². The quantitative estimate of drug-likeness (QED) is 0.755. The van der Waals surface area contributed by atoms with Gasteiger partial charge in [0.05, 0.1) is 24.2 Å². The Kier molecular flexibility index (Phi) is 6.03. The van der Waals surface area contributed by atoms with Gasteiger partial charge in [0.2, 0.25) is 5.88 Å². The highest BCUT2D eigenvalue weighted by Crippen LogP contribution is 2.37. The molecule has 2 bridgehead atoms. The number of rotatable bonds is 5. The third-order valence-corrected chi connectivity index (χ3v) is 6.15. The summed E-state index contributed by atoms with van der Waals surface area (Å²) in [5.74, 6) is 0.503. The summed E-state index contributed by atoms with van der Waals surface area (Å²) in [6.45, 7) is 6.14. The van der Waals surface area contributed by atoms with Crippen molar-refractivity contribution in [2.75, 3.05) is 13.7 Å². The number of hydrogen-bond donors (Lipinski definition) is 2. The van der Waals surface area contributed by atoms with Gasteiger partial charge >= 0.3 is 6.09 Å². The van der Waals surface area contributed by atoms with Gasteiger partial charge in [-0.05, 0) is 58.6 Å². The Morgan fingerprint density at radius 1 is 1.26 bits per heavy atom. The molecule has 2 aromatic rings. The molecular weight excluding hydrogens is 396 g/mol. The average molecular weight is 429 g/mol. The predicted molar refractivity (Wildman–Crippen MR) is 117 cm³/mol. The summed E-state index contributed by atoms with van der Waals surface area (Å²) in [5.41, 5.74) is 1.67. The van der Waals surface area contributed by atoms with Crippen LogP contribution < -0.4 is 10.1 Å². The molecule has 0 spiro atoms. The third kappa shape index (κ3) is 4.91. The first-order valence-corrected chi connectivity index (χ1v) is 11.0. The van der Waals surface area contributed by atoms with E-state index in [1.807, 2.05) is 32.9 Å². The van der Waals surface area contributed by atoms with E-state index in [-0.39, 0.29) is 12.1 Å². The maximum atomic E-state index is 12.2. The number of piperidine rings is 1. The molecule has 31 heavy (non-hydrogen) atoms. The van der Waals surface area contributed by atoms with E-state index >= 15 is 0 Å². The smallest absolute Gasteiger partial charge is 0.407 e. The van der Waals surface area contributed by atoms with Crippen LogP contribution in [0.15, 0.2) is 24.4 Å². The molecule has 3 unspecified atom stereocenters. The fraction of sp³-hybridized carbons (Fsp3) is 0.609. The number of aliphatic hydroxyl groups excluding tert-OH is 1. The number of ether oxygens (including phenoxy) is 2. The fourth-order valence-electron chi connectivity index (χ4n) is 4.87. The second-order valence-electron chi connectivity index (χ2n) is 9.53. The van der Waals surface area contributed by atoms with E-state index in [9.17, 15) is 9.90 Å². The van der Waals surface area contributed by atoms with E-state index in [0.29, 0.717) is 30.0 Å². The third-order valence-electron chi connectivity index (χ3n) is 6.15. The van der Waals surface area contributed by atoms with Crippen LogP contribution in [-0.2, 0) is 4.74 Å². The van der Waals surface area contributed by atoms with Crippen molar-refractivity contribution in [2.24, 2.45) is 0 Å². The SMILES string of the molecule is COc1ccc2nccc(C(O)CN3C4CCC3CC(NC(=O)OC(C)(C)C)C4)c2n1. The first-order chi connectivity index (χ1) is 14.7. The van der Waals surface area contributed by atoms with Crippen molar-refractivity contribution in [3.05, 3.63) is 30.0 Å². The van der Waals surface area contributed by atoms with Crippen LogP contribution in [-0.4, -0.2) is 63.4 Å². The van der Waals surface area contributed by atoms with E-state index in [1.165, 1.54) is 0 Å². The maximum Gasteiger partial charge on any atom is 0.407 e.